The van der Waals surface area contributed by atoms with Gasteiger partial charge in [-0.1, -0.05) is 15.9 Å². The standard InChI is InChI=1S/C15H14BrFO2/c1-9-7-12(4-5-14(9)16)19-15-6-3-11(17)8-13(15)10(2)18/h3-8,10,18H,1-2H3/t10-/m0/s1. The van der Waals surface area contributed by atoms with Gasteiger partial charge < -0.3 is 9.84 Å². The molecule has 0 aliphatic carbocycles. The first-order valence-electron chi connectivity index (χ1n) is 5.89. The van der Waals surface area contributed by atoms with Crippen molar-refractivity contribution in [3.8, 4) is 11.5 Å². The number of halogens is 2. The lowest BCUT2D eigenvalue weighted by atomic mass is 10.1. The van der Waals surface area contributed by atoms with Gasteiger partial charge >= 0.3 is 0 Å². The molecule has 0 amide bonds. The van der Waals surface area contributed by atoms with E-state index in [4.69, 9.17) is 4.74 Å². The Labute approximate surface area is 120 Å². The van der Waals surface area contributed by atoms with Crippen LogP contribution in [0.15, 0.2) is 40.9 Å². The Morgan fingerprint density at radius 3 is 2.58 bits per heavy atom. The summed E-state index contributed by atoms with van der Waals surface area (Å²) in [6, 6.07) is 9.69. The van der Waals surface area contributed by atoms with E-state index in [1.807, 2.05) is 25.1 Å². The Morgan fingerprint density at radius 2 is 1.95 bits per heavy atom. The first-order valence-corrected chi connectivity index (χ1v) is 6.68. The van der Waals surface area contributed by atoms with E-state index >= 15 is 0 Å². The summed E-state index contributed by atoms with van der Waals surface area (Å²) < 4.78 is 19.9. The SMILES string of the molecule is Cc1cc(Oc2ccc(F)cc2[C@H](C)O)ccc1Br. The number of hydrogen-bond donors (Lipinski definition) is 1. The minimum absolute atomic E-state index is 0.393. The highest BCUT2D eigenvalue weighted by molar-refractivity contribution is 9.10. The summed E-state index contributed by atoms with van der Waals surface area (Å²) in [6.45, 7) is 3.53. The van der Waals surface area contributed by atoms with Gasteiger partial charge in [0, 0.05) is 10.0 Å². The third-order valence-corrected chi connectivity index (χ3v) is 3.67. The summed E-state index contributed by atoms with van der Waals surface area (Å²) in [7, 11) is 0. The average molecular weight is 325 g/mol. The van der Waals surface area contributed by atoms with Crippen LogP contribution in [0.4, 0.5) is 4.39 Å². The summed E-state index contributed by atoms with van der Waals surface area (Å²) in [4.78, 5) is 0. The highest BCUT2D eigenvalue weighted by atomic mass is 79.9. The van der Waals surface area contributed by atoms with Gasteiger partial charge in [-0.05, 0) is 55.8 Å². The molecule has 100 valence electrons. The fourth-order valence-corrected chi connectivity index (χ4v) is 1.99. The molecule has 0 fully saturated rings. The van der Waals surface area contributed by atoms with Crippen molar-refractivity contribution in [2.24, 2.45) is 0 Å². The average Bonchev–Trinajstić information content (AvgIpc) is 2.36. The molecule has 0 radical (unpaired) electrons. The minimum Gasteiger partial charge on any atom is -0.457 e. The molecule has 0 heterocycles. The Morgan fingerprint density at radius 1 is 1.21 bits per heavy atom. The van der Waals surface area contributed by atoms with E-state index < -0.39 is 11.9 Å². The zero-order valence-corrected chi connectivity index (χ0v) is 12.2. The van der Waals surface area contributed by atoms with Gasteiger partial charge in [-0.3, -0.25) is 0 Å². The van der Waals surface area contributed by atoms with Crippen molar-refractivity contribution < 1.29 is 14.2 Å². The molecule has 0 spiro atoms. The second kappa shape index (κ2) is 5.72. The van der Waals surface area contributed by atoms with E-state index in [2.05, 4.69) is 15.9 Å². The lowest BCUT2D eigenvalue weighted by Gasteiger charge is -2.14. The number of aliphatic hydroxyl groups excluding tert-OH is 1. The van der Waals surface area contributed by atoms with Crippen molar-refractivity contribution >= 4 is 15.9 Å². The number of aliphatic hydroxyl groups is 1. The number of hydrogen-bond acceptors (Lipinski definition) is 2. The van der Waals surface area contributed by atoms with Crippen LogP contribution in [0.1, 0.15) is 24.2 Å². The van der Waals surface area contributed by atoms with Gasteiger partial charge in [0.25, 0.3) is 0 Å². The highest BCUT2D eigenvalue weighted by Gasteiger charge is 2.11. The fourth-order valence-electron chi connectivity index (χ4n) is 1.75. The Bertz CT molecular complexity index is 597. The monoisotopic (exact) mass is 324 g/mol. The molecule has 0 bridgehead atoms. The van der Waals surface area contributed by atoms with Gasteiger partial charge in [0.2, 0.25) is 0 Å². The van der Waals surface area contributed by atoms with Gasteiger partial charge in [0.15, 0.2) is 0 Å². The lowest BCUT2D eigenvalue weighted by Crippen LogP contribution is -1.97. The van der Waals surface area contributed by atoms with Crippen LogP contribution in [0.2, 0.25) is 0 Å². The van der Waals surface area contributed by atoms with Crippen LogP contribution in [-0.2, 0) is 0 Å². The van der Waals surface area contributed by atoms with E-state index in [1.165, 1.54) is 18.2 Å². The molecule has 0 saturated heterocycles. The molecule has 0 aromatic heterocycles. The van der Waals surface area contributed by atoms with Crippen LogP contribution in [0.5, 0.6) is 11.5 Å². The molecule has 0 unspecified atom stereocenters. The number of aryl methyl sites for hydroxylation is 1. The van der Waals surface area contributed by atoms with E-state index in [1.54, 1.807) is 6.92 Å². The molecule has 4 heteroatoms. The maximum atomic E-state index is 13.2. The molecular weight excluding hydrogens is 311 g/mol. The van der Waals surface area contributed by atoms with E-state index in [9.17, 15) is 9.50 Å². The summed E-state index contributed by atoms with van der Waals surface area (Å²) in [5.41, 5.74) is 1.47. The first kappa shape index (κ1) is 14.0. The topological polar surface area (TPSA) is 29.5 Å². The van der Waals surface area contributed by atoms with Crippen LogP contribution >= 0.6 is 15.9 Å². The third-order valence-electron chi connectivity index (χ3n) is 2.78. The summed E-state index contributed by atoms with van der Waals surface area (Å²) in [6.07, 6.45) is -0.790. The Balaban J connectivity index is 2.35. The van der Waals surface area contributed by atoms with Gasteiger partial charge in [-0.2, -0.15) is 0 Å². The maximum Gasteiger partial charge on any atom is 0.133 e. The Kier molecular flexibility index (Phi) is 4.22. The molecule has 0 aliphatic heterocycles. The van der Waals surface area contributed by atoms with Crippen molar-refractivity contribution in [1.29, 1.82) is 0 Å². The van der Waals surface area contributed by atoms with Crippen LogP contribution in [0, 0.1) is 12.7 Å². The summed E-state index contributed by atoms with van der Waals surface area (Å²) in [5, 5.41) is 9.65. The van der Waals surface area contributed by atoms with Crippen LogP contribution in [0.25, 0.3) is 0 Å². The van der Waals surface area contributed by atoms with E-state index in [0.717, 1.165) is 10.0 Å². The molecule has 2 rings (SSSR count). The van der Waals surface area contributed by atoms with Crippen molar-refractivity contribution in [1.82, 2.24) is 0 Å². The Hall–Kier alpha value is -1.39. The highest BCUT2D eigenvalue weighted by Crippen LogP contribution is 2.31. The molecule has 1 N–H and O–H groups in total. The van der Waals surface area contributed by atoms with Gasteiger partial charge in [0.05, 0.1) is 6.10 Å². The normalized spacial score (nSPS) is 12.3. The number of benzene rings is 2. The zero-order chi connectivity index (χ0) is 14.0. The molecule has 2 nitrogen and oxygen atoms in total. The molecule has 19 heavy (non-hydrogen) atoms. The fraction of sp³-hybridized carbons (Fsp3) is 0.200. The smallest absolute Gasteiger partial charge is 0.133 e. The molecule has 2 aromatic rings. The van der Waals surface area contributed by atoms with E-state index in [0.29, 0.717) is 17.1 Å². The lowest BCUT2D eigenvalue weighted by molar-refractivity contribution is 0.195. The van der Waals surface area contributed by atoms with Crippen LogP contribution < -0.4 is 4.74 Å². The molecular formula is C15H14BrFO2. The maximum absolute atomic E-state index is 13.2. The van der Waals surface area contributed by atoms with Crippen molar-refractivity contribution in [3.63, 3.8) is 0 Å². The van der Waals surface area contributed by atoms with Crippen molar-refractivity contribution in [2.45, 2.75) is 20.0 Å². The molecule has 1 atom stereocenters. The number of rotatable bonds is 3. The second-order valence-electron chi connectivity index (χ2n) is 4.37. The van der Waals surface area contributed by atoms with Crippen molar-refractivity contribution in [3.05, 3.63) is 57.8 Å². The zero-order valence-electron chi connectivity index (χ0n) is 10.7. The first-order chi connectivity index (χ1) is 8.97. The number of ether oxygens (including phenoxy) is 1. The third kappa shape index (κ3) is 3.33. The van der Waals surface area contributed by atoms with Gasteiger partial charge in [0.1, 0.15) is 17.3 Å². The van der Waals surface area contributed by atoms with Gasteiger partial charge in [-0.25, -0.2) is 4.39 Å². The van der Waals surface area contributed by atoms with Crippen LogP contribution in [-0.4, -0.2) is 5.11 Å². The quantitative estimate of drug-likeness (QED) is 0.883. The molecule has 2 aromatic carbocycles. The largest absolute Gasteiger partial charge is 0.457 e. The predicted octanol–water partition coefficient (Wildman–Crippen LogP) is 4.74. The second-order valence-corrected chi connectivity index (χ2v) is 5.23. The predicted molar refractivity (Wildman–Crippen MR) is 76.0 cm³/mol. The minimum atomic E-state index is -0.790. The van der Waals surface area contributed by atoms with Gasteiger partial charge in [-0.15, -0.1) is 0 Å². The molecule has 0 saturated carbocycles. The van der Waals surface area contributed by atoms with Crippen LogP contribution in [0.3, 0.4) is 0 Å². The van der Waals surface area contributed by atoms with Crippen molar-refractivity contribution in [2.75, 3.05) is 0 Å². The summed E-state index contributed by atoms with van der Waals surface area (Å²) >= 11 is 3.42. The summed E-state index contributed by atoms with van der Waals surface area (Å²) in [5.74, 6) is 0.711. The van der Waals surface area contributed by atoms with E-state index in [-0.39, 0.29) is 0 Å². The molecule has 0 aliphatic rings.